The minimum Gasteiger partial charge on any atom is -0.479 e. The number of nitrogens with zero attached hydrogens (tertiary/aromatic N) is 2. The van der Waals surface area contributed by atoms with Crippen LogP contribution in [0.15, 0.2) is 18.2 Å². The number of hydrogen-bond donors (Lipinski definition) is 2. The van der Waals surface area contributed by atoms with Crippen molar-refractivity contribution in [2.45, 2.75) is 17.6 Å². The third-order valence-electron chi connectivity index (χ3n) is 4.02. The minimum atomic E-state index is -6.18. The van der Waals surface area contributed by atoms with Crippen molar-refractivity contribution >= 4 is 32.5 Å². The average molecular weight is 462 g/mol. The lowest BCUT2D eigenvalue weighted by Crippen LogP contribution is -2.38. The number of amides is 2. The van der Waals surface area contributed by atoms with E-state index in [0.29, 0.717) is 4.90 Å². The van der Waals surface area contributed by atoms with E-state index in [1.807, 2.05) is 0 Å². The predicted molar refractivity (Wildman–Crippen MR) is 81.7 cm³/mol. The number of carboxylic acid groups (broad SMARTS) is 1. The molecule has 17 heteroatoms. The maximum Gasteiger partial charge on any atom is 0.534 e. The summed E-state index contributed by atoms with van der Waals surface area (Å²) in [5, 5.41) is 9.44. The Kier molecular flexibility index (Phi) is 4.68. The van der Waals surface area contributed by atoms with E-state index in [-0.39, 0.29) is 10.6 Å². The van der Waals surface area contributed by atoms with Crippen LogP contribution in [0.25, 0.3) is 0 Å². The van der Waals surface area contributed by atoms with Crippen LogP contribution in [0.5, 0.6) is 5.75 Å². The van der Waals surface area contributed by atoms with Crippen molar-refractivity contribution in [2.75, 3.05) is 6.54 Å². The summed E-state index contributed by atoms with van der Waals surface area (Å²) in [4.78, 5) is 24.6. The van der Waals surface area contributed by atoms with Gasteiger partial charge in [0.15, 0.2) is 6.04 Å². The lowest BCUT2D eigenvalue weighted by atomic mass is 9.90. The Labute approximate surface area is 160 Å². The quantitative estimate of drug-likeness (QED) is 0.358. The molecule has 1 aromatic carbocycles. The molecule has 2 amide bonds. The van der Waals surface area contributed by atoms with Gasteiger partial charge in [-0.1, -0.05) is 12.1 Å². The number of carbonyl (C=O) groups excluding carboxylic acids is 1. The van der Waals surface area contributed by atoms with Crippen molar-refractivity contribution in [2.24, 2.45) is 0 Å². The topological polar surface area (TPSA) is 168 Å². The summed E-state index contributed by atoms with van der Waals surface area (Å²) >= 11 is 0. The van der Waals surface area contributed by atoms with Gasteiger partial charge in [-0.15, -0.1) is 4.28 Å². The van der Waals surface area contributed by atoms with Crippen LogP contribution in [-0.4, -0.2) is 60.5 Å². The third kappa shape index (κ3) is 3.56. The second-order valence-corrected chi connectivity index (χ2v) is 8.30. The Bertz CT molecular complexity index is 1100. The van der Waals surface area contributed by atoms with Gasteiger partial charge in [-0.3, -0.25) is 4.55 Å². The fraction of sp³-hybridized carbons (Fsp3) is 0.333. The molecule has 0 spiro atoms. The van der Waals surface area contributed by atoms with Crippen LogP contribution >= 0.6 is 0 Å². The molecule has 1 saturated heterocycles. The molecule has 160 valence electrons. The fourth-order valence-corrected chi connectivity index (χ4v) is 3.88. The van der Waals surface area contributed by atoms with E-state index in [0.717, 1.165) is 18.2 Å². The summed E-state index contributed by atoms with van der Waals surface area (Å²) in [6.45, 7) is -0.606. The number of urea groups is 1. The van der Waals surface area contributed by atoms with Gasteiger partial charge in [-0.05, 0) is 11.6 Å². The number of hydroxylamine groups is 2. The van der Waals surface area contributed by atoms with Crippen molar-refractivity contribution in [3.63, 3.8) is 0 Å². The van der Waals surface area contributed by atoms with Crippen molar-refractivity contribution in [1.29, 1.82) is 0 Å². The van der Waals surface area contributed by atoms with Crippen molar-refractivity contribution < 1.29 is 57.7 Å². The fourth-order valence-electron chi connectivity index (χ4n) is 3.04. The van der Waals surface area contributed by atoms with E-state index in [9.17, 15) is 44.7 Å². The molecule has 2 bridgehead atoms. The van der Waals surface area contributed by atoms with Crippen LogP contribution in [0.2, 0.25) is 0 Å². The number of rotatable bonds is 5. The van der Waals surface area contributed by atoms with Gasteiger partial charge in [-0.25, -0.2) is 9.59 Å². The van der Waals surface area contributed by atoms with E-state index in [1.165, 1.54) is 0 Å². The van der Waals surface area contributed by atoms with Crippen LogP contribution < -0.4 is 4.18 Å². The molecule has 12 nitrogen and oxygen atoms in total. The average Bonchev–Trinajstić information content (AvgIpc) is 2.78. The number of halogens is 3. The lowest BCUT2D eigenvalue weighted by Gasteiger charge is -2.31. The number of carboxylic acids is 1. The molecule has 2 aliphatic rings. The second kappa shape index (κ2) is 6.44. The van der Waals surface area contributed by atoms with Crippen molar-refractivity contribution in [3.8, 4) is 5.75 Å². The van der Waals surface area contributed by atoms with E-state index in [4.69, 9.17) is 4.55 Å². The molecule has 2 heterocycles. The van der Waals surface area contributed by atoms with E-state index >= 15 is 0 Å². The van der Waals surface area contributed by atoms with Gasteiger partial charge in [-0.2, -0.15) is 35.1 Å². The predicted octanol–water partition coefficient (Wildman–Crippen LogP) is 0.567. The Hall–Kier alpha value is -2.63. The third-order valence-corrected chi connectivity index (χ3v) is 5.33. The first-order valence-corrected chi connectivity index (χ1v) is 10.0. The first-order chi connectivity index (χ1) is 13.1. The van der Waals surface area contributed by atoms with Crippen LogP contribution in [0, 0.1) is 0 Å². The normalized spacial score (nSPS) is 21.9. The van der Waals surface area contributed by atoms with Crippen molar-refractivity contribution in [1.82, 2.24) is 9.96 Å². The van der Waals surface area contributed by atoms with Crippen LogP contribution in [0.4, 0.5) is 18.0 Å². The Morgan fingerprint density at radius 1 is 1.21 bits per heavy atom. The number of alkyl halides is 3. The molecule has 2 atom stereocenters. The van der Waals surface area contributed by atoms with Crippen LogP contribution in [0.1, 0.15) is 23.2 Å². The minimum absolute atomic E-state index is 0.00414. The standard InChI is InChI=1S/C12H9F3N2O10S2/c13-12(14,15)28(21,22)26-7-3-1-2-5-8(7)6-4-16(9(5)10(18)19)11(20)17(6)27-29(23,24)25/h1-3,6,9H,4H2,(H,18,19)(H,23,24,25). The van der Waals surface area contributed by atoms with Gasteiger partial charge in [0.1, 0.15) is 11.8 Å². The van der Waals surface area contributed by atoms with E-state index < -0.39 is 68.0 Å². The monoisotopic (exact) mass is 462 g/mol. The molecule has 0 aromatic heterocycles. The smallest absolute Gasteiger partial charge is 0.479 e. The largest absolute Gasteiger partial charge is 0.534 e. The Morgan fingerprint density at radius 2 is 1.83 bits per heavy atom. The molecular formula is C12H9F3N2O10S2. The van der Waals surface area contributed by atoms with E-state index in [2.05, 4.69) is 8.47 Å². The molecule has 0 radical (unpaired) electrons. The number of hydrogen-bond acceptors (Lipinski definition) is 8. The van der Waals surface area contributed by atoms with E-state index in [1.54, 1.807) is 0 Å². The highest BCUT2D eigenvalue weighted by Gasteiger charge is 2.55. The molecule has 1 aromatic rings. The molecule has 3 rings (SSSR count). The van der Waals surface area contributed by atoms with Gasteiger partial charge in [0, 0.05) is 5.56 Å². The van der Waals surface area contributed by atoms with Gasteiger partial charge in [0.25, 0.3) is 0 Å². The molecule has 1 fully saturated rings. The number of fused-ring (bicyclic) bond motifs is 4. The summed E-state index contributed by atoms with van der Waals surface area (Å²) in [7, 11) is -11.5. The van der Waals surface area contributed by atoms with Gasteiger partial charge >= 0.3 is 38.0 Å². The molecule has 2 unspecified atom stereocenters. The maximum atomic E-state index is 12.7. The molecule has 0 saturated carbocycles. The van der Waals surface area contributed by atoms with Crippen LogP contribution in [0.3, 0.4) is 0 Å². The highest BCUT2D eigenvalue weighted by Crippen LogP contribution is 2.48. The molecule has 29 heavy (non-hydrogen) atoms. The zero-order chi connectivity index (χ0) is 21.9. The summed E-state index contributed by atoms with van der Waals surface area (Å²) in [6.07, 6.45) is 0. The maximum absolute atomic E-state index is 12.7. The van der Waals surface area contributed by atoms with Gasteiger partial charge in [0.05, 0.1) is 6.54 Å². The summed E-state index contributed by atoms with van der Waals surface area (Å²) in [5.74, 6) is -2.64. The highest BCUT2D eigenvalue weighted by atomic mass is 32.3. The Balaban J connectivity index is 2.20. The molecule has 0 aliphatic carbocycles. The van der Waals surface area contributed by atoms with Gasteiger partial charge in [0.2, 0.25) is 0 Å². The second-order valence-electron chi connectivity index (χ2n) is 5.76. The highest BCUT2D eigenvalue weighted by molar-refractivity contribution is 7.88. The zero-order valence-electron chi connectivity index (χ0n) is 13.6. The SMILES string of the molecule is O=C(O)C1c2cccc(OS(=O)(=O)C(F)(F)F)c2C2CN1C(=O)N2OS(=O)(=O)O. The summed E-state index contributed by atoms with van der Waals surface area (Å²) in [5.41, 5.74) is -6.70. The van der Waals surface area contributed by atoms with Crippen molar-refractivity contribution in [3.05, 3.63) is 29.3 Å². The number of benzene rings is 1. The number of aliphatic carboxylic acids is 1. The molecular weight excluding hydrogens is 453 g/mol. The van der Waals surface area contributed by atoms with Gasteiger partial charge < -0.3 is 14.2 Å². The van der Waals surface area contributed by atoms with Crippen LogP contribution in [-0.2, 0) is 29.6 Å². The summed E-state index contributed by atoms with van der Waals surface area (Å²) in [6, 6.07) is -1.95. The summed E-state index contributed by atoms with van der Waals surface area (Å²) < 4.78 is 99.9. The molecule has 2 N–H and O–H groups in total. The lowest BCUT2D eigenvalue weighted by molar-refractivity contribution is -0.142. The Morgan fingerprint density at radius 3 is 2.34 bits per heavy atom. The first-order valence-electron chi connectivity index (χ1n) is 7.27. The zero-order valence-corrected chi connectivity index (χ0v) is 15.2. The number of carbonyl (C=O) groups is 2. The molecule has 2 aliphatic heterocycles. The first kappa shape index (κ1) is 21.1.